The maximum Gasteiger partial charge on any atom is 0.268 e. The molecule has 0 radical (unpaired) electrons. The number of aromatic nitrogens is 1. The Hall–Kier alpha value is -2.47. The normalized spacial score (nSPS) is 16.2. The number of benzene rings is 2. The molecule has 25 heavy (non-hydrogen) atoms. The number of carbonyl (C=O) groups is 1. The van der Waals surface area contributed by atoms with Crippen molar-refractivity contribution in [2.24, 2.45) is 0 Å². The molecule has 1 unspecified atom stereocenters. The number of hydrogen-bond donors (Lipinski definition) is 2. The molecule has 128 valence electrons. The van der Waals surface area contributed by atoms with Gasteiger partial charge < -0.3 is 19.8 Å². The Balaban J connectivity index is 1.60. The number of amides is 1. The molecular formula is C19H17BrN2O3. The summed E-state index contributed by atoms with van der Waals surface area (Å²) in [5, 5.41) is 4.08. The van der Waals surface area contributed by atoms with Crippen LogP contribution in [-0.2, 0) is 0 Å². The second-order valence-electron chi connectivity index (χ2n) is 5.98. The summed E-state index contributed by atoms with van der Waals surface area (Å²) < 4.78 is 11.9. The van der Waals surface area contributed by atoms with Crippen molar-refractivity contribution in [3.8, 4) is 11.5 Å². The Bertz CT molecular complexity index is 951. The van der Waals surface area contributed by atoms with Gasteiger partial charge in [-0.15, -0.1) is 0 Å². The van der Waals surface area contributed by atoms with Crippen molar-refractivity contribution in [1.82, 2.24) is 10.3 Å². The summed E-state index contributed by atoms with van der Waals surface area (Å²) in [7, 11) is 1.62. The summed E-state index contributed by atoms with van der Waals surface area (Å²) in [6, 6.07) is 13.3. The lowest BCUT2D eigenvalue weighted by molar-refractivity contribution is 0.0920. The van der Waals surface area contributed by atoms with Crippen molar-refractivity contribution in [2.45, 2.75) is 12.5 Å². The fourth-order valence-electron chi connectivity index (χ4n) is 3.11. The summed E-state index contributed by atoms with van der Waals surface area (Å²) in [5.74, 6) is 1.44. The third-order valence-electron chi connectivity index (χ3n) is 4.39. The molecule has 0 aliphatic carbocycles. The lowest BCUT2D eigenvalue weighted by Crippen LogP contribution is -2.32. The molecule has 0 bridgehead atoms. The number of rotatable bonds is 3. The van der Waals surface area contributed by atoms with Crippen LogP contribution in [0.2, 0.25) is 0 Å². The Morgan fingerprint density at radius 1 is 1.28 bits per heavy atom. The Morgan fingerprint density at radius 2 is 2.16 bits per heavy atom. The molecule has 2 N–H and O–H groups in total. The minimum atomic E-state index is -0.131. The number of carbonyl (C=O) groups excluding carboxylic acids is 1. The highest BCUT2D eigenvalue weighted by molar-refractivity contribution is 9.10. The second kappa shape index (κ2) is 6.44. The molecule has 5 nitrogen and oxygen atoms in total. The molecular weight excluding hydrogens is 384 g/mol. The largest absolute Gasteiger partial charge is 0.497 e. The first-order chi connectivity index (χ1) is 12.1. The maximum absolute atomic E-state index is 12.7. The molecule has 1 aromatic heterocycles. The highest BCUT2D eigenvalue weighted by atomic mass is 79.9. The smallest absolute Gasteiger partial charge is 0.268 e. The summed E-state index contributed by atoms with van der Waals surface area (Å²) >= 11 is 3.48. The average molecular weight is 401 g/mol. The summed E-state index contributed by atoms with van der Waals surface area (Å²) in [6.45, 7) is 0.587. The van der Waals surface area contributed by atoms with E-state index < -0.39 is 0 Å². The molecule has 4 rings (SSSR count). The Labute approximate surface area is 153 Å². The van der Waals surface area contributed by atoms with E-state index in [1.807, 2.05) is 42.5 Å². The van der Waals surface area contributed by atoms with Gasteiger partial charge in [0.05, 0.1) is 19.8 Å². The second-order valence-corrected chi connectivity index (χ2v) is 6.90. The summed E-state index contributed by atoms with van der Waals surface area (Å²) in [6.07, 6.45) is 0.739. The van der Waals surface area contributed by atoms with Crippen LogP contribution in [0, 0.1) is 0 Å². The van der Waals surface area contributed by atoms with Gasteiger partial charge in [0.2, 0.25) is 0 Å². The number of aromatic amines is 1. The highest BCUT2D eigenvalue weighted by Gasteiger charge is 2.24. The molecule has 0 saturated heterocycles. The van der Waals surface area contributed by atoms with Crippen molar-refractivity contribution < 1.29 is 14.3 Å². The molecule has 2 heterocycles. The van der Waals surface area contributed by atoms with E-state index in [0.717, 1.165) is 38.9 Å². The van der Waals surface area contributed by atoms with Gasteiger partial charge in [0, 0.05) is 33.4 Å². The molecule has 1 atom stereocenters. The van der Waals surface area contributed by atoms with Crippen molar-refractivity contribution in [1.29, 1.82) is 0 Å². The van der Waals surface area contributed by atoms with Crippen molar-refractivity contribution >= 4 is 32.7 Å². The number of H-pyrrole nitrogens is 1. The number of fused-ring (bicyclic) bond motifs is 2. The first-order valence-corrected chi connectivity index (χ1v) is 8.83. The quantitative estimate of drug-likeness (QED) is 0.692. The topological polar surface area (TPSA) is 63.4 Å². The van der Waals surface area contributed by atoms with E-state index in [1.165, 1.54) is 0 Å². The average Bonchev–Trinajstić information content (AvgIpc) is 3.05. The molecule has 2 aromatic carbocycles. The molecule has 6 heteroatoms. The number of hydrogen-bond acceptors (Lipinski definition) is 3. The first kappa shape index (κ1) is 16.0. The lowest BCUT2D eigenvalue weighted by Gasteiger charge is -2.26. The predicted octanol–water partition coefficient (Wildman–Crippen LogP) is 4.19. The van der Waals surface area contributed by atoms with Crippen LogP contribution in [-0.4, -0.2) is 24.6 Å². The van der Waals surface area contributed by atoms with Gasteiger partial charge in [0.25, 0.3) is 5.91 Å². The highest BCUT2D eigenvalue weighted by Crippen LogP contribution is 2.34. The van der Waals surface area contributed by atoms with E-state index in [2.05, 4.69) is 26.2 Å². The van der Waals surface area contributed by atoms with Crippen molar-refractivity contribution in [2.75, 3.05) is 13.7 Å². The zero-order valence-electron chi connectivity index (χ0n) is 13.6. The van der Waals surface area contributed by atoms with Crippen LogP contribution in [0.4, 0.5) is 0 Å². The number of ether oxygens (including phenoxy) is 2. The zero-order chi connectivity index (χ0) is 17.4. The number of halogens is 1. The maximum atomic E-state index is 12.7. The third-order valence-corrected chi connectivity index (χ3v) is 4.88. The minimum absolute atomic E-state index is 0.0744. The van der Waals surface area contributed by atoms with Crippen LogP contribution in [0.25, 0.3) is 10.9 Å². The van der Waals surface area contributed by atoms with E-state index in [1.54, 1.807) is 7.11 Å². The van der Waals surface area contributed by atoms with Gasteiger partial charge in [0.1, 0.15) is 17.2 Å². The van der Waals surface area contributed by atoms with Gasteiger partial charge in [0.15, 0.2) is 0 Å². The minimum Gasteiger partial charge on any atom is -0.497 e. The third kappa shape index (κ3) is 3.09. The number of nitrogens with one attached hydrogen (secondary N) is 2. The molecule has 1 aliphatic rings. The summed E-state index contributed by atoms with van der Waals surface area (Å²) in [4.78, 5) is 15.9. The van der Waals surface area contributed by atoms with Gasteiger partial charge in [-0.3, -0.25) is 4.79 Å². The van der Waals surface area contributed by atoms with Crippen LogP contribution in [0.3, 0.4) is 0 Å². The fourth-order valence-corrected chi connectivity index (χ4v) is 3.49. The van der Waals surface area contributed by atoms with Gasteiger partial charge in [-0.1, -0.05) is 15.9 Å². The van der Waals surface area contributed by atoms with Crippen LogP contribution >= 0.6 is 15.9 Å². The van der Waals surface area contributed by atoms with Crippen molar-refractivity contribution in [3.63, 3.8) is 0 Å². The van der Waals surface area contributed by atoms with Crippen LogP contribution in [0.5, 0.6) is 11.5 Å². The fraction of sp³-hybridized carbons (Fsp3) is 0.211. The standard InChI is InChI=1S/C19H17BrN2O3/c1-24-13-4-2-11-8-17(21-16(11)10-13)19(23)22-15-6-7-25-18-5-3-12(20)9-14(15)18/h2-5,8-10,15,21H,6-7H2,1H3,(H,22,23). The molecule has 1 amide bonds. The lowest BCUT2D eigenvalue weighted by atomic mass is 10.0. The van der Waals surface area contributed by atoms with E-state index in [-0.39, 0.29) is 11.9 Å². The molecule has 3 aromatic rings. The number of methoxy groups -OCH3 is 1. The molecule has 0 fully saturated rings. The van der Waals surface area contributed by atoms with E-state index in [0.29, 0.717) is 12.3 Å². The zero-order valence-corrected chi connectivity index (χ0v) is 15.2. The predicted molar refractivity (Wildman–Crippen MR) is 99.3 cm³/mol. The molecule has 1 aliphatic heterocycles. The van der Waals surface area contributed by atoms with Gasteiger partial charge in [-0.25, -0.2) is 0 Å². The SMILES string of the molecule is COc1ccc2cc(C(=O)NC3CCOc4ccc(Br)cc43)[nH]c2c1. The van der Waals surface area contributed by atoms with Crippen molar-refractivity contribution in [3.05, 3.63) is 58.2 Å². The van der Waals surface area contributed by atoms with Gasteiger partial charge in [-0.05, 0) is 36.4 Å². The monoisotopic (exact) mass is 400 g/mol. The Kier molecular flexibility index (Phi) is 4.13. The molecule has 0 saturated carbocycles. The van der Waals surface area contributed by atoms with Crippen LogP contribution in [0.1, 0.15) is 28.5 Å². The Morgan fingerprint density at radius 3 is 3.00 bits per heavy atom. The van der Waals surface area contributed by atoms with E-state index in [9.17, 15) is 4.79 Å². The molecule has 0 spiro atoms. The van der Waals surface area contributed by atoms with Crippen LogP contribution in [0.15, 0.2) is 46.9 Å². The van der Waals surface area contributed by atoms with Crippen LogP contribution < -0.4 is 14.8 Å². The van der Waals surface area contributed by atoms with E-state index >= 15 is 0 Å². The summed E-state index contributed by atoms with van der Waals surface area (Å²) in [5.41, 5.74) is 2.40. The first-order valence-electron chi connectivity index (χ1n) is 8.04. The van der Waals surface area contributed by atoms with E-state index in [4.69, 9.17) is 9.47 Å². The van der Waals surface area contributed by atoms with Gasteiger partial charge >= 0.3 is 0 Å². The van der Waals surface area contributed by atoms with Gasteiger partial charge in [-0.2, -0.15) is 0 Å².